The summed E-state index contributed by atoms with van der Waals surface area (Å²) in [4.78, 5) is 4.21. The van der Waals surface area contributed by atoms with Crippen molar-refractivity contribution in [1.29, 1.82) is 0 Å². The van der Waals surface area contributed by atoms with Crippen LogP contribution in [0.3, 0.4) is 0 Å². The fourth-order valence-corrected chi connectivity index (χ4v) is 2.67. The van der Waals surface area contributed by atoms with Crippen molar-refractivity contribution < 1.29 is 13.2 Å². The van der Waals surface area contributed by atoms with E-state index in [9.17, 15) is 13.2 Å². The van der Waals surface area contributed by atoms with Gasteiger partial charge in [-0.05, 0) is 36.8 Å². The van der Waals surface area contributed by atoms with Crippen LogP contribution in [-0.2, 0) is 6.18 Å². The molecule has 0 spiro atoms. The number of fused-ring (bicyclic) bond motifs is 1. The average molecular weight is 352 g/mol. The van der Waals surface area contributed by atoms with Crippen LogP contribution in [0.4, 0.5) is 30.4 Å². The summed E-state index contributed by atoms with van der Waals surface area (Å²) in [6.07, 6.45) is -2.97. The van der Waals surface area contributed by atoms with E-state index in [1.807, 2.05) is 19.1 Å². The second kappa shape index (κ2) is 5.87. The number of anilines is 3. The molecule has 7 heteroatoms. The largest absolute Gasteiger partial charge is 0.417 e. The predicted octanol–water partition coefficient (Wildman–Crippen LogP) is 5.54. The summed E-state index contributed by atoms with van der Waals surface area (Å²) in [5.74, 6) is 0.426. The van der Waals surface area contributed by atoms with Gasteiger partial charge in [0, 0.05) is 28.3 Å². The molecule has 2 aromatic carbocycles. The maximum Gasteiger partial charge on any atom is 0.417 e. The van der Waals surface area contributed by atoms with Crippen LogP contribution in [0.15, 0.2) is 42.6 Å². The van der Waals surface area contributed by atoms with E-state index >= 15 is 0 Å². The summed E-state index contributed by atoms with van der Waals surface area (Å²) < 4.78 is 38.9. The predicted molar refractivity (Wildman–Crippen MR) is 90.6 cm³/mol. The number of hydrogen-bond donors (Lipinski definition) is 2. The number of hydrogen-bond acceptors (Lipinski definition) is 3. The van der Waals surface area contributed by atoms with E-state index in [1.54, 1.807) is 12.3 Å². The normalized spacial score (nSPS) is 11.7. The quantitative estimate of drug-likeness (QED) is 0.596. The molecule has 124 valence electrons. The lowest BCUT2D eigenvalue weighted by Crippen LogP contribution is -2.06. The zero-order chi connectivity index (χ0) is 17.5. The molecule has 0 fully saturated rings. The Morgan fingerprint density at radius 3 is 2.54 bits per heavy atom. The number of alkyl halides is 3. The van der Waals surface area contributed by atoms with E-state index in [0.717, 1.165) is 22.4 Å². The number of nitrogens with one attached hydrogen (secondary N) is 1. The van der Waals surface area contributed by atoms with Gasteiger partial charge in [0.1, 0.15) is 5.82 Å². The highest BCUT2D eigenvalue weighted by atomic mass is 35.5. The van der Waals surface area contributed by atoms with Crippen LogP contribution in [-0.4, -0.2) is 4.98 Å². The van der Waals surface area contributed by atoms with Crippen molar-refractivity contribution in [3.8, 4) is 0 Å². The molecule has 24 heavy (non-hydrogen) atoms. The van der Waals surface area contributed by atoms with E-state index in [1.165, 1.54) is 12.1 Å². The molecular weight excluding hydrogens is 339 g/mol. The zero-order valence-corrected chi connectivity index (χ0v) is 13.3. The molecule has 0 aliphatic heterocycles. The second-order valence-electron chi connectivity index (χ2n) is 5.37. The number of nitrogens with zero attached hydrogens (tertiary/aromatic N) is 1. The van der Waals surface area contributed by atoms with Crippen LogP contribution in [0.25, 0.3) is 10.8 Å². The van der Waals surface area contributed by atoms with Gasteiger partial charge in [0.15, 0.2) is 0 Å². The standard InChI is InChI=1S/C17H13ClF3N3/c1-9-2-4-12-11(15(9)22)6-7-23-16(12)24-10-3-5-14(18)13(8-10)17(19,20)21/h2-8H,22H2,1H3,(H,23,24). The molecule has 0 bridgehead atoms. The van der Waals surface area contributed by atoms with E-state index < -0.39 is 11.7 Å². The van der Waals surface area contributed by atoms with Gasteiger partial charge in [0.2, 0.25) is 0 Å². The molecule has 0 aliphatic rings. The number of rotatable bonds is 2. The Balaban J connectivity index is 2.07. The van der Waals surface area contributed by atoms with Crippen molar-refractivity contribution in [2.45, 2.75) is 13.1 Å². The van der Waals surface area contributed by atoms with Gasteiger partial charge in [-0.15, -0.1) is 0 Å². The molecule has 3 nitrogen and oxygen atoms in total. The van der Waals surface area contributed by atoms with Gasteiger partial charge in [-0.1, -0.05) is 23.7 Å². The number of benzene rings is 2. The van der Waals surface area contributed by atoms with E-state index in [4.69, 9.17) is 17.3 Å². The minimum absolute atomic E-state index is 0.242. The maximum absolute atomic E-state index is 13.0. The Hall–Kier alpha value is -2.47. The molecule has 1 aromatic heterocycles. The fraction of sp³-hybridized carbons (Fsp3) is 0.118. The van der Waals surface area contributed by atoms with E-state index in [-0.39, 0.29) is 10.7 Å². The molecule has 0 unspecified atom stereocenters. The minimum atomic E-state index is -4.53. The fourth-order valence-electron chi connectivity index (χ4n) is 2.44. The zero-order valence-electron chi connectivity index (χ0n) is 12.6. The number of aryl methyl sites for hydroxylation is 1. The number of nitrogens with two attached hydrogens (primary N) is 1. The van der Waals surface area contributed by atoms with Gasteiger partial charge in [0.25, 0.3) is 0 Å². The maximum atomic E-state index is 13.0. The van der Waals surface area contributed by atoms with Crippen molar-refractivity contribution in [3.05, 3.63) is 58.7 Å². The SMILES string of the molecule is Cc1ccc2c(Nc3ccc(Cl)c(C(F)(F)F)c3)nccc2c1N. The molecule has 0 atom stereocenters. The lowest BCUT2D eigenvalue weighted by Gasteiger charge is -2.14. The monoisotopic (exact) mass is 351 g/mol. The smallest absolute Gasteiger partial charge is 0.398 e. The Morgan fingerprint density at radius 1 is 1.08 bits per heavy atom. The molecule has 0 saturated carbocycles. The number of halogens is 4. The first-order chi connectivity index (χ1) is 11.3. The highest BCUT2D eigenvalue weighted by Crippen LogP contribution is 2.37. The van der Waals surface area contributed by atoms with Crippen LogP contribution >= 0.6 is 11.6 Å². The first-order valence-electron chi connectivity index (χ1n) is 7.05. The summed E-state index contributed by atoms with van der Waals surface area (Å²) >= 11 is 5.64. The van der Waals surface area contributed by atoms with Crippen molar-refractivity contribution in [2.75, 3.05) is 11.1 Å². The number of nitrogen functional groups attached to an aromatic ring is 1. The summed E-state index contributed by atoms with van der Waals surface area (Å²) in [6, 6.07) is 9.07. The van der Waals surface area contributed by atoms with E-state index in [2.05, 4.69) is 10.3 Å². The average Bonchev–Trinajstić information content (AvgIpc) is 2.52. The summed E-state index contributed by atoms with van der Waals surface area (Å²) in [5.41, 5.74) is 6.94. The molecule has 1 heterocycles. The third-order valence-corrected chi connectivity index (χ3v) is 4.07. The third-order valence-electron chi connectivity index (χ3n) is 3.74. The van der Waals surface area contributed by atoms with Crippen molar-refractivity contribution in [2.24, 2.45) is 0 Å². The Labute approximate surface area is 141 Å². The highest BCUT2D eigenvalue weighted by molar-refractivity contribution is 6.31. The van der Waals surface area contributed by atoms with Crippen LogP contribution in [0.2, 0.25) is 5.02 Å². The Bertz CT molecular complexity index is 923. The molecule has 0 aliphatic carbocycles. The number of pyridine rings is 1. The van der Waals surface area contributed by atoms with Gasteiger partial charge >= 0.3 is 6.18 Å². The van der Waals surface area contributed by atoms with Crippen LogP contribution in [0.1, 0.15) is 11.1 Å². The first kappa shape index (κ1) is 16.4. The van der Waals surface area contributed by atoms with Gasteiger partial charge in [-0.3, -0.25) is 0 Å². The van der Waals surface area contributed by atoms with Crippen LogP contribution in [0, 0.1) is 6.92 Å². The Kier molecular flexibility index (Phi) is 4.01. The third kappa shape index (κ3) is 2.97. The van der Waals surface area contributed by atoms with Gasteiger partial charge in [0.05, 0.1) is 10.6 Å². The van der Waals surface area contributed by atoms with Crippen molar-refractivity contribution in [1.82, 2.24) is 4.98 Å². The highest BCUT2D eigenvalue weighted by Gasteiger charge is 2.33. The van der Waals surface area contributed by atoms with Gasteiger partial charge in [-0.2, -0.15) is 13.2 Å². The second-order valence-corrected chi connectivity index (χ2v) is 5.78. The lowest BCUT2D eigenvalue weighted by atomic mass is 10.1. The van der Waals surface area contributed by atoms with Crippen molar-refractivity contribution >= 4 is 39.6 Å². The topological polar surface area (TPSA) is 50.9 Å². The Morgan fingerprint density at radius 2 is 1.83 bits per heavy atom. The summed E-state index contributed by atoms with van der Waals surface area (Å²) in [5, 5.41) is 4.08. The molecule has 0 saturated heterocycles. The van der Waals surface area contributed by atoms with Gasteiger partial charge in [-0.25, -0.2) is 4.98 Å². The molecule has 0 radical (unpaired) electrons. The molecule has 3 rings (SSSR count). The molecule has 3 aromatic rings. The molecule has 0 amide bonds. The summed E-state index contributed by atoms with van der Waals surface area (Å²) in [7, 11) is 0. The number of aromatic nitrogens is 1. The first-order valence-corrected chi connectivity index (χ1v) is 7.43. The molecule has 3 N–H and O–H groups in total. The van der Waals surface area contributed by atoms with E-state index in [0.29, 0.717) is 11.5 Å². The molecular formula is C17H13ClF3N3. The van der Waals surface area contributed by atoms with Crippen LogP contribution < -0.4 is 11.1 Å². The lowest BCUT2D eigenvalue weighted by molar-refractivity contribution is -0.137. The summed E-state index contributed by atoms with van der Waals surface area (Å²) in [6.45, 7) is 1.89. The van der Waals surface area contributed by atoms with Gasteiger partial charge < -0.3 is 11.1 Å². The minimum Gasteiger partial charge on any atom is -0.398 e. The van der Waals surface area contributed by atoms with Crippen LogP contribution in [0.5, 0.6) is 0 Å². The van der Waals surface area contributed by atoms with Crippen molar-refractivity contribution in [3.63, 3.8) is 0 Å².